The van der Waals surface area contributed by atoms with Gasteiger partial charge in [0.2, 0.25) is 0 Å². The summed E-state index contributed by atoms with van der Waals surface area (Å²) in [6, 6.07) is 0. The van der Waals surface area contributed by atoms with Gasteiger partial charge in [0.25, 0.3) is 0 Å². The highest BCUT2D eigenvalue weighted by atomic mass is 16.6. The van der Waals surface area contributed by atoms with Crippen LogP contribution in [0.5, 0.6) is 0 Å². The van der Waals surface area contributed by atoms with Gasteiger partial charge in [-0.05, 0) is 56.3 Å². The van der Waals surface area contributed by atoms with Crippen molar-refractivity contribution in [3.8, 4) is 0 Å². The molecule has 0 spiro atoms. The third-order valence-electron chi connectivity index (χ3n) is 6.20. The van der Waals surface area contributed by atoms with Crippen LogP contribution in [-0.4, -0.2) is 17.5 Å². The monoisotopic (exact) mass is 282 g/mol. The van der Waals surface area contributed by atoms with E-state index in [0.29, 0.717) is 11.3 Å². The molecule has 0 heterocycles. The molecule has 2 aliphatic carbocycles. The summed E-state index contributed by atoms with van der Waals surface area (Å²) in [6.45, 7) is 6.83. The van der Waals surface area contributed by atoms with Crippen LogP contribution in [0.2, 0.25) is 0 Å². The predicted octanol–water partition coefficient (Wildman–Crippen LogP) is 4.90. The van der Waals surface area contributed by atoms with Crippen molar-refractivity contribution in [1.29, 1.82) is 0 Å². The van der Waals surface area contributed by atoms with Crippen molar-refractivity contribution in [3.63, 3.8) is 0 Å². The Labute approximate surface area is 125 Å². The zero-order valence-corrected chi connectivity index (χ0v) is 13.8. The van der Waals surface area contributed by atoms with Crippen LogP contribution in [0, 0.1) is 17.3 Å². The molecule has 0 aromatic rings. The summed E-state index contributed by atoms with van der Waals surface area (Å²) in [7, 11) is 0. The first-order valence-electron chi connectivity index (χ1n) is 8.81. The van der Waals surface area contributed by atoms with Crippen LogP contribution in [0.4, 0.5) is 0 Å². The number of unbranched alkanes of at least 4 members (excludes halogenated alkanes) is 2. The van der Waals surface area contributed by atoms with Gasteiger partial charge in [-0.2, -0.15) is 0 Å². The van der Waals surface area contributed by atoms with E-state index in [4.69, 9.17) is 9.84 Å². The zero-order valence-electron chi connectivity index (χ0n) is 13.8. The molecule has 0 amide bonds. The quantitative estimate of drug-likeness (QED) is 0.481. The highest BCUT2D eigenvalue weighted by Gasteiger charge is 2.57. The summed E-state index contributed by atoms with van der Waals surface area (Å²) in [5, 5.41) is 9.14. The summed E-state index contributed by atoms with van der Waals surface area (Å²) < 4.78 is 5.70. The largest absolute Gasteiger partial charge is 0.371 e. The maximum Gasteiger partial charge on any atom is 0.144 e. The fourth-order valence-corrected chi connectivity index (χ4v) is 4.83. The molecule has 118 valence electrons. The second-order valence-corrected chi connectivity index (χ2v) is 7.70. The number of hydrogen-bond donors (Lipinski definition) is 1. The van der Waals surface area contributed by atoms with E-state index >= 15 is 0 Å². The van der Waals surface area contributed by atoms with Crippen LogP contribution in [-0.2, 0) is 4.74 Å². The third kappa shape index (κ3) is 3.22. The topological polar surface area (TPSA) is 29.5 Å². The van der Waals surface area contributed by atoms with Gasteiger partial charge in [-0.3, -0.25) is 0 Å². The van der Waals surface area contributed by atoms with Gasteiger partial charge in [-0.25, -0.2) is 0 Å². The van der Waals surface area contributed by atoms with E-state index in [-0.39, 0.29) is 12.4 Å². The first kappa shape index (κ1) is 16.3. The van der Waals surface area contributed by atoms with Crippen molar-refractivity contribution in [1.82, 2.24) is 0 Å². The number of hydrogen-bond acceptors (Lipinski definition) is 2. The molecule has 0 aromatic carbocycles. The summed E-state index contributed by atoms with van der Waals surface area (Å²) in [5.41, 5.74) is 0.492. The van der Waals surface area contributed by atoms with Gasteiger partial charge in [0.1, 0.15) is 6.79 Å². The molecule has 20 heavy (non-hydrogen) atoms. The lowest BCUT2D eigenvalue weighted by Gasteiger charge is -2.60. The summed E-state index contributed by atoms with van der Waals surface area (Å²) in [4.78, 5) is 0. The molecule has 3 atom stereocenters. The number of aliphatic hydroxyl groups excluding tert-OH is 1. The van der Waals surface area contributed by atoms with E-state index in [1.807, 2.05) is 0 Å². The number of aliphatic hydroxyl groups is 1. The fraction of sp³-hybridized carbons (Fsp3) is 1.00. The molecule has 2 rings (SSSR count). The Kier molecular flexibility index (Phi) is 5.53. The fourth-order valence-electron chi connectivity index (χ4n) is 4.83. The first-order valence-corrected chi connectivity index (χ1v) is 8.81. The molecule has 0 radical (unpaired) electrons. The van der Waals surface area contributed by atoms with E-state index in [1.54, 1.807) is 0 Å². The molecule has 2 fully saturated rings. The molecule has 0 aromatic heterocycles. The normalized spacial score (nSPS) is 33.3. The van der Waals surface area contributed by atoms with Gasteiger partial charge in [0, 0.05) is 0 Å². The van der Waals surface area contributed by atoms with Gasteiger partial charge in [-0.15, -0.1) is 0 Å². The van der Waals surface area contributed by atoms with Gasteiger partial charge in [0.15, 0.2) is 0 Å². The summed E-state index contributed by atoms with van der Waals surface area (Å²) in [6.07, 6.45) is 13.5. The molecule has 1 N–H and O–H groups in total. The van der Waals surface area contributed by atoms with Crippen LogP contribution < -0.4 is 0 Å². The summed E-state index contributed by atoms with van der Waals surface area (Å²) >= 11 is 0. The molecule has 2 saturated carbocycles. The Morgan fingerprint density at radius 2 is 2.00 bits per heavy atom. The van der Waals surface area contributed by atoms with E-state index < -0.39 is 0 Å². The van der Waals surface area contributed by atoms with Crippen molar-refractivity contribution in [2.75, 3.05) is 6.79 Å². The second-order valence-electron chi connectivity index (χ2n) is 7.70. The lowest BCUT2D eigenvalue weighted by atomic mass is 9.48. The maximum absolute atomic E-state index is 9.14. The number of ether oxygens (including phenoxy) is 1. The highest BCUT2D eigenvalue weighted by molar-refractivity contribution is 5.07. The lowest BCUT2D eigenvalue weighted by Crippen LogP contribution is -2.57. The summed E-state index contributed by atoms with van der Waals surface area (Å²) in [5.74, 6) is 1.53. The van der Waals surface area contributed by atoms with Gasteiger partial charge >= 0.3 is 0 Å². The van der Waals surface area contributed by atoms with E-state index in [1.165, 1.54) is 57.8 Å². The Hall–Kier alpha value is -0.0800. The second kappa shape index (κ2) is 6.79. The van der Waals surface area contributed by atoms with Crippen molar-refractivity contribution in [2.45, 2.75) is 90.6 Å². The molecular weight excluding hydrogens is 248 g/mol. The maximum atomic E-state index is 9.14. The number of rotatable bonds is 9. The molecular formula is C18H34O2. The van der Waals surface area contributed by atoms with Gasteiger partial charge in [0.05, 0.1) is 5.60 Å². The third-order valence-corrected chi connectivity index (χ3v) is 6.20. The van der Waals surface area contributed by atoms with Crippen LogP contribution >= 0.6 is 0 Å². The van der Waals surface area contributed by atoms with E-state index in [2.05, 4.69) is 20.8 Å². The van der Waals surface area contributed by atoms with Crippen molar-refractivity contribution in [3.05, 3.63) is 0 Å². The van der Waals surface area contributed by atoms with Crippen molar-refractivity contribution < 1.29 is 9.84 Å². The SMILES string of the molecule is CCCCC[C@H](C)CC1([C@H]2CCC2(C)OCO)CCC1. The minimum atomic E-state index is -0.116. The van der Waals surface area contributed by atoms with Crippen molar-refractivity contribution >= 4 is 0 Å². The molecule has 0 aliphatic heterocycles. The van der Waals surface area contributed by atoms with Crippen LogP contribution in [0.3, 0.4) is 0 Å². The lowest BCUT2D eigenvalue weighted by molar-refractivity contribution is -0.226. The molecule has 2 nitrogen and oxygen atoms in total. The molecule has 2 heteroatoms. The molecule has 2 aliphatic rings. The smallest absolute Gasteiger partial charge is 0.144 e. The van der Waals surface area contributed by atoms with Gasteiger partial charge in [-0.1, -0.05) is 46.0 Å². The predicted molar refractivity (Wildman–Crippen MR) is 83.5 cm³/mol. The average Bonchev–Trinajstić information content (AvgIpc) is 2.35. The van der Waals surface area contributed by atoms with E-state index in [0.717, 1.165) is 12.3 Å². The van der Waals surface area contributed by atoms with Crippen LogP contribution in [0.25, 0.3) is 0 Å². The van der Waals surface area contributed by atoms with Crippen LogP contribution in [0.15, 0.2) is 0 Å². The minimum Gasteiger partial charge on any atom is -0.371 e. The van der Waals surface area contributed by atoms with Gasteiger partial charge < -0.3 is 9.84 Å². The minimum absolute atomic E-state index is 0.0433. The Morgan fingerprint density at radius 1 is 1.25 bits per heavy atom. The standard InChI is InChI=1S/C18H34O2/c1-4-5-6-8-15(2)13-18(10-7-11-18)16-9-12-17(16,3)20-14-19/h15-16,19H,4-14H2,1-3H3/t15-,16-,17?/m0/s1. The molecule has 1 unspecified atom stereocenters. The highest BCUT2D eigenvalue weighted by Crippen LogP contribution is 2.62. The first-order chi connectivity index (χ1) is 9.56. The average molecular weight is 282 g/mol. The zero-order chi connectivity index (χ0) is 14.6. The Bertz CT molecular complexity index is 298. The Balaban J connectivity index is 1.89. The van der Waals surface area contributed by atoms with Crippen molar-refractivity contribution in [2.24, 2.45) is 17.3 Å². The molecule has 0 saturated heterocycles. The molecule has 0 bridgehead atoms. The van der Waals surface area contributed by atoms with Crippen LogP contribution in [0.1, 0.15) is 85.0 Å². The van der Waals surface area contributed by atoms with E-state index in [9.17, 15) is 0 Å². The Morgan fingerprint density at radius 3 is 2.45 bits per heavy atom.